The summed E-state index contributed by atoms with van der Waals surface area (Å²) in [6.07, 6.45) is 0.911. The van der Waals surface area contributed by atoms with Crippen LogP contribution in [0.2, 0.25) is 0 Å². The summed E-state index contributed by atoms with van der Waals surface area (Å²) in [6.45, 7) is 0. The molecule has 3 aromatic carbocycles. The number of phenols is 1. The molecule has 1 aliphatic carbocycles. The van der Waals surface area contributed by atoms with Gasteiger partial charge in [-0.25, -0.2) is 0 Å². The number of fused-ring (bicyclic) bond motifs is 3. The molecule has 1 heteroatoms. The molecule has 0 aliphatic heterocycles. The summed E-state index contributed by atoms with van der Waals surface area (Å²) in [7, 11) is 0. The first kappa shape index (κ1) is 11.3. The van der Waals surface area contributed by atoms with Crippen molar-refractivity contribution >= 4 is 0 Å². The number of aromatic hydroxyl groups is 1. The van der Waals surface area contributed by atoms with Gasteiger partial charge >= 0.3 is 0 Å². The Labute approximate surface area is 118 Å². The summed E-state index contributed by atoms with van der Waals surface area (Å²) in [6, 6.07) is 22.5. The highest BCUT2D eigenvalue weighted by Gasteiger charge is 2.23. The summed E-state index contributed by atoms with van der Waals surface area (Å²) in [4.78, 5) is 0. The first-order valence-electron chi connectivity index (χ1n) is 6.83. The van der Waals surface area contributed by atoms with Crippen LogP contribution >= 0.6 is 0 Å². The molecule has 0 bridgehead atoms. The monoisotopic (exact) mass is 258 g/mol. The molecule has 96 valence electrons. The SMILES string of the molecule is Oc1c(-c2ccccc2)ccc2c1-c1ccccc1C2. The summed E-state index contributed by atoms with van der Waals surface area (Å²) >= 11 is 0. The molecule has 1 nitrogen and oxygen atoms in total. The van der Waals surface area contributed by atoms with E-state index in [4.69, 9.17) is 0 Å². The van der Waals surface area contributed by atoms with Gasteiger partial charge in [0.15, 0.2) is 0 Å². The molecule has 0 amide bonds. The van der Waals surface area contributed by atoms with Crippen molar-refractivity contribution in [1.82, 2.24) is 0 Å². The van der Waals surface area contributed by atoms with Crippen LogP contribution in [0, 0.1) is 0 Å². The number of benzene rings is 3. The Bertz CT molecular complexity index is 788. The Morgan fingerprint density at radius 3 is 2.25 bits per heavy atom. The molecule has 4 rings (SSSR count). The molecule has 1 aliphatic rings. The van der Waals surface area contributed by atoms with Crippen LogP contribution in [0.25, 0.3) is 22.3 Å². The second kappa shape index (κ2) is 4.24. The van der Waals surface area contributed by atoms with Gasteiger partial charge in [-0.05, 0) is 28.7 Å². The molecule has 0 atom stereocenters. The molecule has 1 N–H and O–H groups in total. The average Bonchev–Trinajstić information content (AvgIpc) is 2.88. The maximum Gasteiger partial charge on any atom is 0.131 e. The van der Waals surface area contributed by atoms with Gasteiger partial charge in [-0.3, -0.25) is 0 Å². The zero-order valence-corrected chi connectivity index (χ0v) is 11.0. The van der Waals surface area contributed by atoms with Gasteiger partial charge in [0.05, 0.1) is 0 Å². The summed E-state index contributed by atoms with van der Waals surface area (Å²) in [5, 5.41) is 10.7. The van der Waals surface area contributed by atoms with Gasteiger partial charge in [0.25, 0.3) is 0 Å². The lowest BCUT2D eigenvalue weighted by Gasteiger charge is -2.10. The normalized spacial score (nSPS) is 12.0. The molecule has 0 fully saturated rings. The van der Waals surface area contributed by atoms with Crippen LogP contribution in [0.1, 0.15) is 11.1 Å². The molecule has 3 aromatic rings. The molecule has 20 heavy (non-hydrogen) atoms. The van der Waals surface area contributed by atoms with Crippen molar-refractivity contribution in [2.24, 2.45) is 0 Å². The van der Waals surface area contributed by atoms with E-state index in [0.29, 0.717) is 5.75 Å². The zero-order valence-electron chi connectivity index (χ0n) is 11.0. The third kappa shape index (κ3) is 1.56. The van der Waals surface area contributed by atoms with Crippen molar-refractivity contribution in [2.45, 2.75) is 6.42 Å². The van der Waals surface area contributed by atoms with Gasteiger partial charge in [0.1, 0.15) is 5.75 Å². The fraction of sp³-hybridized carbons (Fsp3) is 0.0526. The van der Waals surface area contributed by atoms with E-state index in [1.807, 2.05) is 42.5 Å². The van der Waals surface area contributed by atoms with E-state index < -0.39 is 0 Å². The minimum Gasteiger partial charge on any atom is -0.507 e. The van der Waals surface area contributed by atoms with Gasteiger partial charge < -0.3 is 5.11 Å². The molecule has 0 unspecified atom stereocenters. The third-order valence-electron chi connectivity index (χ3n) is 4.02. The Balaban J connectivity index is 1.97. The Morgan fingerprint density at radius 2 is 1.40 bits per heavy atom. The van der Waals surface area contributed by atoms with Crippen molar-refractivity contribution < 1.29 is 5.11 Å². The van der Waals surface area contributed by atoms with Gasteiger partial charge in [0, 0.05) is 11.1 Å². The van der Waals surface area contributed by atoms with Crippen molar-refractivity contribution in [1.29, 1.82) is 0 Å². The molecular formula is C19H14O. The van der Waals surface area contributed by atoms with Crippen LogP contribution < -0.4 is 0 Å². The molecule has 0 aromatic heterocycles. The van der Waals surface area contributed by atoms with E-state index in [1.165, 1.54) is 11.1 Å². The predicted octanol–water partition coefficient (Wildman–Crippen LogP) is 4.63. The van der Waals surface area contributed by atoms with E-state index in [9.17, 15) is 5.11 Å². The smallest absolute Gasteiger partial charge is 0.131 e. The highest BCUT2D eigenvalue weighted by molar-refractivity contribution is 5.88. The Morgan fingerprint density at radius 1 is 0.650 bits per heavy atom. The fourth-order valence-corrected chi connectivity index (χ4v) is 3.05. The standard InChI is InChI=1S/C19H14O/c20-19-17(13-6-2-1-3-7-13)11-10-15-12-14-8-4-5-9-16(14)18(15)19/h1-11,20H,12H2. The Hall–Kier alpha value is -2.54. The van der Waals surface area contributed by atoms with Crippen LogP contribution in [0.3, 0.4) is 0 Å². The summed E-state index contributed by atoms with van der Waals surface area (Å²) in [5.41, 5.74) is 6.63. The largest absolute Gasteiger partial charge is 0.507 e. The second-order valence-electron chi connectivity index (χ2n) is 5.20. The zero-order chi connectivity index (χ0) is 13.5. The minimum atomic E-state index is 0.402. The molecule has 0 radical (unpaired) electrons. The molecular weight excluding hydrogens is 244 g/mol. The van der Waals surface area contributed by atoms with Crippen molar-refractivity contribution in [3.05, 3.63) is 77.9 Å². The van der Waals surface area contributed by atoms with E-state index in [1.54, 1.807) is 0 Å². The topological polar surface area (TPSA) is 20.2 Å². The van der Waals surface area contributed by atoms with E-state index >= 15 is 0 Å². The van der Waals surface area contributed by atoms with Crippen molar-refractivity contribution in [3.63, 3.8) is 0 Å². The number of hydrogen-bond acceptors (Lipinski definition) is 1. The first-order valence-corrected chi connectivity index (χ1v) is 6.83. The second-order valence-corrected chi connectivity index (χ2v) is 5.20. The van der Waals surface area contributed by atoms with Gasteiger partial charge in [0.2, 0.25) is 0 Å². The number of rotatable bonds is 1. The quantitative estimate of drug-likeness (QED) is 0.527. The van der Waals surface area contributed by atoms with E-state index in [2.05, 4.69) is 24.3 Å². The average molecular weight is 258 g/mol. The fourth-order valence-electron chi connectivity index (χ4n) is 3.05. The summed E-state index contributed by atoms with van der Waals surface area (Å²) < 4.78 is 0. The van der Waals surface area contributed by atoms with Crippen LogP contribution in [0.15, 0.2) is 66.7 Å². The highest BCUT2D eigenvalue weighted by Crippen LogP contribution is 2.46. The highest BCUT2D eigenvalue weighted by atomic mass is 16.3. The van der Waals surface area contributed by atoms with Crippen LogP contribution in [-0.4, -0.2) is 5.11 Å². The van der Waals surface area contributed by atoms with Crippen molar-refractivity contribution in [3.8, 4) is 28.0 Å². The van der Waals surface area contributed by atoms with Crippen LogP contribution in [-0.2, 0) is 6.42 Å². The maximum absolute atomic E-state index is 10.7. The lowest BCUT2D eigenvalue weighted by molar-refractivity contribution is 0.479. The van der Waals surface area contributed by atoms with Crippen LogP contribution in [0.5, 0.6) is 5.75 Å². The molecule has 0 saturated heterocycles. The molecule has 0 heterocycles. The minimum absolute atomic E-state index is 0.402. The van der Waals surface area contributed by atoms with E-state index in [0.717, 1.165) is 28.7 Å². The Kier molecular flexibility index (Phi) is 2.40. The first-order chi connectivity index (χ1) is 9.84. The third-order valence-corrected chi connectivity index (χ3v) is 4.02. The van der Waals surface area contributed by atoms with E-state index in [-0.39, 0.29) is 0 Å². The lowest BCUT2D eigenvalue weighted by atomic mass is 9.97. The summed E-state index contributed by atoms with van der Waals surface area (Å²) in [5.74, 6) is 0.402. The number of phenolic OH excluding ortho intramolecular Hbond substituents is 1. The van der Waals surface area contributed by atoms with Crippen molar-refractivity contribution in [2.75, 3.05) is 0 Å². The predicted molar refractivity (Wildman–Crippen MR) is 81.8 cm³/mol. The van der Waals surface area contributed by atoms with Crippen LogP contribution in [0.4, 0.5) is 0 Å². The molecule has 0 saturated carbocycles. The van der Waals surface area contributed by atoms with Gasteiger partial charge in [-0.2, -0.15) is 0 Å². The molecule has 0 spiro atoms. The van der Waals surface area contributed by atoms with Gasteiger partial charge in [-0.1, -0.05) is 66.7 Å². The maximum atomic E-state index is 10.7. The lowest BCUT2D eigenvalue weighted by Crippen LogP contribution is -1.85. The van der Waals surface area contributed by atoms with Gasteiger partial charge in [-0.15, -0.1) is 0 Å². The number of hydrogen-bond donors (Lipinski definition) is 1.